The van der Waals surface area contributed by atoms with Crippen molar-refractivity contribution < 1.29 is 27.4 Å². The third-order valence-electron chi connectivity index (χ3n) is 6.50. The molecule has 0 aromatic heterocycles. The van der Waals surface area contributed by atoms with E-state index in [-0.39, 0.29) is 22.9 Å². The number of amides is 1. The lowest BCUT2D eigenvalue weighted by atomic mass is 9.92. The summed E-state index contributed by atoms with van der Waals surface area (Å²) in [4.78, 5) is 13.4. The van der Waals surface area contributed by atoms with Gasteiger partial charge in [-0.2, -0.15) is 18.4 Å². The Bertz CT molecular complexity index is 1510. The fourth-order valence-electron chi connectivity index (χ4n) is 4.58. The number of halogens is 4. The van der Waals surface area contributed by atoms with Crippen molar-refractivity contribution in [3.05, 3.63) is 100 Å². The van der Waals surface area contributed by atoms with Gasteiger partial charge in [0.25, 0.3) is 0 Å². The summed E-state index contributed by atoms with van der Waals surface area (Å²) in [6.07, 6.45) is -3.76. The number of nitriles is 1. The van der Waals surface area contributed by atoms with Gasteiger partial charge in [0.1, 0.15) is 17.5 Å². The lowest BCUT2D eigenvalue weighted by Gasteiger charge is -2.33. The maximum atomic E-state index is 13.4. The van der Waals surface area contributed by atoms with Crippen LogP contribution < -0.4 is 20.5 Å². The first-order chi connectivity index (χ1) is 20.3. The summed E-state index contributed by atoms with van der Waals surface area (Å²) >= 11 is 6.48. The molecule has 226 valence electrons. The average Bonchev–Trinajstić information content (AvgIpc) is 2.94. The number of nitrogens with one attached hydrogen (secondary N) is 2. The SMILES string of the molecule is CC(C)(C)OC(=O)N(NCC1=C(Nc2cccc(C(F)(F)F)c2)CCCC1Oc1ccccc1)c1ccc(C#N)cc1Cl. The molecular formula is C32H32ClF3N4O3. The van der Waals surface area contributed by atoms with Gasteiger partial charge in [0.15, 0.2) is 0 Å². The van der Waals surface area contributed by atoms with Crippen LogP contribution in [0.5, 0.6) is 5.75 Å². The van der Waals surface area contributed by atoms with E-state index in [0.717, 1.165) is 23.6 Å². The van der Waals surface area contributed by atoms with Gasteiger partial charge < -0.3 is 14.8 Å². The van der Waals surface area contributed by atoms with E-state index >= 15 is 0 Å². The van der Waals surface area contributed by atoms with Gasteiger partial charge in [0, 0.05) is 23.5 Å². The van der Waals surface area contributed by atoms with E-state index in [4.69, 9.17) is 21.1 Å². The van der Waals surface area contributed by atoms with E-state index in [1.165, 1.54) is 24.3 Å². The fourth-order valence-corrected chi connectivity index (χ4v) is 4.84. The lowest BCUT2D eigenvalue weighted by molar-refractivity contribution is -0.137. The van der Waals surface area contributed by atoms with Gasteiger partial charge in [-0.05, 0) is 88.6 Å². The van der Waals surface area contributed by atoms with Crippen molar-refractivity contribution in [2.24, 2.45) is 0 Å². The Morgan fingerprint density at radius 2 is 1.81 bits per heavy atom. The smallest absolute Gasteiger partial charge is 0.429 e. The topological polar surface area (TPSA) is 86.6 Å². The third kappa shape index (κ3) is 8.66. The van der Waals surface area contributed by atoms with Gasteiger partial charge in [-0.1, -0.05) is 35.9 Å². The molecule has 0 fully saturated rings. The van der Waals surface area contributed by atoms with E-state index in [2.05, 4.69) is 10.7 Å². The number of para-hydroxylation sites is 1. The van der Waals surface area contributed by atoms with E-state index in [9.17, 15) is 23.2 Å². The maximum absolute atomic E-state index is 13.4. The van der Waals surface area contributed by atoms with Crippen molar-refractivity contribution in [1.29, 1.82) is 5.26 Å². The van der Waals surface area contributed by atoms with Crippen LogP contribution in [0.3, 0.4) is 0 Å². The average molecular weight is 613 g/mol. The fraction of sp³-hybridized carbons (Fsp3) is 0.312. The van der Waals surface area contributed by atoms with Gasteiger partial charge in [-0.3, -0.25) is 0 Å². The van der Waals surface area contributed by atoms with Crippen LogP contribution in [0.4, 0.5) is 29.3 Å². The second kappa shape index (κ2) is 13.4. The van der Waals surface area contributed by atoms with Gasteiger partial charge in [-0.25, -0.2) is 15.2 Å². The van der Waals surface area contributed by atoms with E-state index in [0.29, 0.717) is 35.4 Å². The molecule has 11 heteroatoms. The number of anilines is 2. The molecule has 0 saturated carbocycles. The second-order valence-electron chi connectivity index (χ2n) is 10.9. The van der Waals surface area contributed by atoms with Crippen LogP contribution in [0.15, 0.2) is 84.1 Å². The first-order valence-electron chi connectivity index (χ1n) is 13.7. The molecule has 0 heterocycles. The molecule has 3 aromatic rings. The predicted octanol–water partition coefficient (Wildman–Crippen LogP) is 8.47. The molecule has 1 atom stereocenters. The monoisotopic (exact) mass is 612 g/mol. The zero-order valence-electron chi connectivity index (χ0n) is 24.0. The summed E-state index contributed by atoms with van der Waals surface area (Å²) in [7, 11) is 0. The van der Waals surface area contributed by atoms with Crippen molar-refractivity contribution in [1.82, 2.24) is 5.43 Å². The molecule has 3 aromatic carbocycles. The Morgan fingerprint density at radius 1 is 1.07 bits per heavy atom. The molecule has 1 aliphatic rings. The highest BCUT2D eigenvalue weighted by Crippen LogP contribution is 2.34. The number of alkyl halides is 3. The summed E-state index contributed by atoms with van der Waals surface area (Å²) in [5.41, 5.74) is 3.76. The molecule has 0 bridgehead atoms. The van der Waals surface area contributed by atoms with Crippen molar-refractivity contribution in [3.8, 4) is 11.8 Å². The number of benzene rings is 3. The van der Waals surface area contributed by atoms with Gasteiger partial charge in [-0.15, -0.1) is 0 Å². The van der Waals surface area contributed by atoms with Gasteiger partial charge >= 0.3 is 12.3 Å². The summed E-state index contributed by atoms with van der Waals surface area (Å²) in [5.74, 6) is 0.629. The van der Waals surface area contributed by atoms with E-state index in [1.807, 2.05) is 36.4 Å². The zero-order valence-corrected chi connectivity index (χ0v) is 24.7. The van der Waals surface area contributed by atoms with Gasteiger partial charge in [0.2, 0.25) is 0 Å². The Labute approximate surface area is 253 Å². The number of carbonyl (C=O) groups is 1. The molecule has 1 amide bonds. The molecule has 4 rings (SSSR count). The Morgan fingerprint density at radius 3 is 2.47 bits per heavy atom. The molecule has 0 radical (unpaired) electrons. The van der Waals surface area contributed by atoms with Crippen LogP contribution in [0, 0.1) is 11.3 Å². The van der Waals surface area contributed by atoms with Crippen LogP contribution in [-0.4, -0.2) is 24.3 Å². The third-order valence-corrected chi connectivity index (χ3v) is 6.80. The lowest BCUT2D eigenvalue weighted by Crippen LogP contribution is -2.48. The summed E-state index contributed by atoms with van der Waals surface area (Å²) in [6.45, 7) is 5.25. The number of ether oxygens (including phenoxy) is 2. The van der Waals surface area contributed by atoms with Crippen molar-refractivity contribution in [3.63, 3.8) is 0 Å². The number of allylic oxidation sites excluding steroid dienone is 1. The minimum absolute atomic E-state index is 0.0639. The normalized spacial score (nSPS) is 15.4. The number of nitrogens with zero attached hydrogens (tertiary/aromatic N) is 2. The van der Waals surface area contributed by atoms with E-state index in [1.54, 1.807) is 26.8 Å². The highest BCUT2D eigenvalue weighted by Gasteiger charge is 2.32. The molecule has 0 saturated heterocycles. The zero-order chi connectivity index (χ0) is 31.2. The van der Waals surface area contributed by atoms with E-state index < -0.39 is 29.5 Å². The Hall–Kier alpha value is -4.20. The molecule has 2 N–H and O–H groups in total. The maximum Gasteiger partial charge on any atom is 0.429 e. The molecule has 0 aliphatic heterocycles. The number of carbonyl (C=O) groups excluding carboxylic acids is 1. The molecule has 43 heavy (non-hydrogen) atoms. The minimum atomic E-state index is -4.49. The summed E-state index contributed by atoms with van der Waals surface area (Å²) in [6, 6.07) is 20.7. The standard InChI is InChI=1S/C32H32ClF3N4O3/c1-31(2,3)43-30(41)40(28-16-15-21(19-37)17-26(28)33)38-20-25-27(39-23-10-7-9-22(18-23)32(34,35)36)13-8-14-29(25)42-24-11-5-4-6-12-24/h4-7,9-12,15-18,29,38-39H,8,13-14,20H2,1-3H3. The molecule has 0 spiro atoms. The van der Waals surface area contributed by atoms with Gasteiger partial charge in [0.05, 0.1) is 27.9 Å². The van der Waals surface area contributed by atoms with Crippen LogP contribution in [-0.2, 0) is 10.9 Å². The molecule has 7 nitrogen and oxygen atoms in total. The molecular weight excluding hydrogens is 581 g/mol. The Kier molecular flexibility index (Phi) is 9.89. The highest BCUT2D eigenvalue weighted by atomic mass is 35.5. The van der Waals surface area contributed by atoms with Crippen molar-refractivity contribution in [2.45, 2.75) is 57.9 Å². The van der Waals surface area contributed by atoms with Crippen molar-refractivity contribution in [2.75, 3.05) is 16.9 Å². The highest BCUT2D eigenvalue weighted by molar-refractivity contribution is 6.33. The van der Waals surface area contributed by atoms with Crippen molar-refractivity contribution >= 4 is 29.1 Å². The number of rotatable bonds is 8. The first-order valence-corrected chi connectivity index (χ1v) is 14.1. The van der Waals surface area contributed by atoms with Crippen LogP contribution in [0.1, 0.15) is 51.2 Å². The predicted molar refractivity (Wildman–Crippen MR) is 160 cm³/mol. The number of hydrazine groups is 1. The largest absolute Gasteiger partial charge is 0.486 e. The second-order valence-corrected chi connectivity index (χ2v) is 11.4. The molecule has 1 aliphatic carbocycles. The Balaban J connectivity index is 1.71. The summed E-state index contributed by atoms with van der Waals surface area (Å²) < 4.78 is 52.2. The minimum Gasteiger partial charge on any atom is -0.486 e. The number of hydrogen-bond acceptors (Lipinski definition) is 6. The van der Waals surface area contributed by atoms with Crippen LogP contribution in [0.2, 0.25) is 5.02 Å². The van der Waals surface area contributed by atoms with Crippen LogP contribution in [0.25, 0.3) is 0 Å². The number of hydrogen-bond donors (Lipinski definition) is 2. The van der Waals surface area contributed by atoms with Crippen LogP contribution >= 0.6 is 11.6 Å². The summed E-state index contributed by atoms with van der Waals surface area (Å²) in [5, 5.41) is 13.8. The quantitative estimate of drug-likeness (QED) is 0.248. The molecule has 1 unspecified atom stereocenters. The first kappa shape index (κ1) is 31.7.